The van der Waals surface area contributed by atoms with Crippen molar-refractivity contribution in [2.24, 2.45) is 5.92 Å². The van der Waals surface area contributed by atoms with Gasteiger partial charge in [0, 0.05) is 11.6 Å². The summed E-state index contributed by atoms with van der Waals surface area (Å²) in [6, 6.07) is 0.781. The van der Waals surface area contributed by atoms with Crippen LogP contribution >= 0.6 is 0 Å². The maximum atomic E-state index is 9.49. The lowest BCUT2D eigenvalue weighted by atomic mass is 9.86. The van der Waals surface area contributed by atoms with E-state index in [-0.39, 0.29) is 12.1 Å². The van der Waals surface area contributed by atoms with Crippen LogP contribution in [0.2, 0.25) is 0 Å². The van der Waals surface area contributed by atoms with Gasteiger partial charge in [-0.05, 0) is 58.7 Å². The van der Waals surface area contributed by atoms with E-state index in [4.69, 9.17) is 0 Å². The summed E-state index contributed by atoms with van der Waals surface area (Å²) < 4.78 is 0. The van der Waals surface area contributed by atoms with Crippen LogP contribution in [0.25, 0.3) is 0 Å². The number of nitrogens with zero attached hydrogens (tertiary/aromatic N) is 1. The molecule has 3 unspecified atom stereocenters. The number of aliphatic hydroxyl groups is 1. The standard InChI is InChI=1S/C16H34N2O/c1-5-17-16(3,13-19)10-7-11-18(4)15-9-6-8-14(2)12-15/h14-15,17,19H,5-13H2,1-4H3. The van der Waals surface area contributed by atoms with Crippen LogP contribution in [-0.2, 0) is 0 Å². The molecule has 0 amide bonds. The first-order valence-corrected chi connectivity index (χ1v) is 8.07. The summed E-state index contributed by atoms with van der Waals surface area (Å²) in [5, 5.41) is 12.9. The molecule has 0 spiro atoms. The highest BCUT2D eigenvalue weighted by molar-refractivity contribution is 4.83. The van der Waals surface area contributed by atoms with Crippen molar-refractivity contribution in [1.82, 2.24) is 10.2 Å². The second kappa shape index (κ2) is 8.23. The summed E-state index contributed by atoms with van der Waals surface area (Å²) in [4.78, 5) is 2.54. The lowest BCUT2D eigenvalue weighted by Gasteiger charge is -2.35. The number of nitrogens with one attached hydrogen (secondary N) is 1. The van der Waals surface area contributed by atoms with Gasteiger partial charge in [0.2, 0.25) is 0 Å². The molecule has 1 aliphatic rings. The van der Waals surface area contributed by atoms with E-state index in [1.54, 1.807) is 0 Å². The number of hydrogen-bond acceptors (Lipinski definition) is 3. The Balaban J connectivity index is 2.27. The van der Waals surface area contributed by atoms with Crippen molar-refractivity contribution >= 4 is 0 Å². The van der Waals surface area contributed by atoms with Gasteiger partial charge < -0.3 is 15.3 Å². The Morgan fingerprint density at radius 1 is 1.37 bits per heavy atom. The highest BCUT2D eigenvalue weighted by Gasteiger charge is 2.24. The van der Waals surface area contributed by atoms with E-state index in [2.05, 4.69) is 38.0 Å². The quantitative estimate of drug-likeness (QED) is 0.712. The molecule has 2 N–H and O–H groups in total. The van der Waals surface area contributed by atoms with Crippen molar-refractivity contribution in [2.45, 2.75) is 70.9 Å². The van der Waals surface area contributed by atoms with Gasteiger partial charge in [-0.25, -0.2) is 0 Å². The zero-order chi connectivity index (χ0) is 14.3. The molecule has 1 fully saturated rings. The number of aliphatic hydroxyl groups excluding tert-OH is 1. The maximum Gasteiger partial charge on any atom is 0.0610 e. The van der Waals surface area contributed by atoms with Crippen molar-refractivity contribution in [3.63, 3.8) is 0 Å². The Labute approximate surface area is 119 Å². The van der Waals surface area contributed by atoms with Crippen molar-refractivity contribution in [3.8, 4) is 0 Å². The van der Waals surface area contributed by atoms with E-state index < -0.39 is 0 Å². The lowest BCUT2D eigenvalue weighted by molar-refractivity contribution is 0.139. The molecule has 0 aromatic carbocycles. The number of hydrogen-bond donors (Lipinski definition) is 2. The molecule has 3 atom stereocenters. The van der Waals surface area contributed by atoms with E-state index in [1.165, 1.54) is 25.7 Å². The third-order valence-corrected chi connectivity index (χ3v) is 4.72. The fourth-order valence-corrected chi connectivity index (χ4v) is 3.35. The highest BCUT2D eigenvalue weighted by Crippen LogP contribution is 2.27. The predicted molar refractivity (Wildman–Crippen MR) is 82.5 cm³/mol. The van der Waals surface area contributed by atoms with Crippen LogP contribution in [-0.4, -0.2) is 48.3 Å². The molecule has 0 radical (unpaired) electrons. The molecule has 114 valence electrons. The molecule has 0 heterocycles. The molecule has 0 bridgehead atoms. The van der Waals surface area contributed by atoms with Gasteiger partial charge in [-0.3, -0.25) is 0 Å². The topological polar surface area (TPSA) is 35.5 Å². The van der Waals surface area contributed by atoms with Gasteiger partial charge in [-0.15, -0.1) is 0 Å². The van der Waals surface area contributed by atoms with Crippen molar-refractivity contribution < 1.29 is 5.11 Å². The van der Waals surface area contributed by atoms with E-state index in [1.807, 2.05) is 0 Å². The summed E-state index contributed by atoms with van der Waals surface area (Å²) in [5.74, 6) is 0.894. The average Bonchev–Trinajstić information content (AvgIpc) is 2.39. The fraction of sp³-hybridized carbons (Fsp3) is 1.00. The second-order valence-corrected chi connectivity index (χ2v) is 6.76. The molecule has 3 heteroatoms. The van der Waals surface area contributed by atoms with Gasteiger partial charge in [0.15, 0.2) is 0 Å². The first kappa shape index (κ1) is 16.9. The molecule has 19 heavy (non-hydrogen) atoms. The Kier molecular flexibility index (Phi) is 7.33. The Morgan fingerprint density at radius 3 is 2.68 bits per heavy atom. The summed E-state index contributed by atoms with van der Waals surface area (Å²) in [7, 11) is 2.27. The van der Waals surface area contributed by atoms with Crippen molar-refractivity contribution in [2.75, 3.05) is 26.7 Å². The maximum absolute atomic E-state index is 9.49. The van der Waals surface area contributed by atoms with Crippen molar-refractivity contribution in [1.29, 1.82) is 0 Å². The van der Waals surface area contributed by atoms with Crippen LogP contribution in [0.1, 0.15) is 59.3 Å². The second-order valence-electron chi connectivity index (χ2n) is 6.76. The normalized spacial score (nSPS) is 27.5. The van der Waals surface area contributed by atoms with Gasteiger partial charge in [-0.1, -0.05) is 26.7 Å². The molecular formula is C16H34N2O. The third kappa shape index (κ3) is 5.80. The average molecular weight is 270 g/mol. The van der Waals surface area contributed by atoms with Gasteiger partial charge >= 0.3 is 0 Å². The van der Waals surface area contributed by atoms with Gasteiger partial charge in [0.1, 0.15) is 0 Å². The molecule has 1 saturated carbocycles. The minimum absolute atomic E-state index is 0.102. The highest BCUT2D eigenvalue weighted by atomic mass is 16.3. The monoisotopic (exact) mass is 270 g/mol. The van der Waals surface area contributed by atoms with Crippen LogP contribution in [0, 0.1) is 5.92 Å². The molecule has 0 aromatic heterocycles. The van der Waals surface area contributed by atoms with Crippen LogP contribution in [0.15, 0.2) is 0 Å². The summed E-state index contributed by atoms with van der Waals surface area (Å²) >= 11 is 0. The van der Waals surface area contributed by atoms with Crippen LogP contribution in [0.4, 0.5) is 0 Å². The van der Waals surface area contributed by atoms with Crippen molar-refractivity contribution in [3.05, 3.63) is 0 Å². The van der Waals surface area contributed by atoms with Gasteiger partial charge in [0.25, 0.3) is 0 Å². The summed E-state index contributed by atoms with van der Waals surface area (Å²) in [6.07, 6.45) is 7.73. The van der Waals surface area contributed by atoms with Crippen LogP contribution in [0.5, 0.6) is 0 Å². The number of rotatable bonds is 8. The number of likely N-dealkylation sites (N-methyl/N-ethyl adjacent to an activating group) is 1. The van der Waals surface area contributed by atoms with E-state index in [9.17, 15) is 5.11 Å². The third-order valence-electron chi connectivity index (χ3n) is 4.72. The zero-order valence-electron chi connectivity index (χ0n) is 13.4. The fourth-order valence-electron chi connectivity index (χ4n) is 3.35. The zero-order valence-corrected chi connectivity index (χ0v) is 13.4. The smallest absolute Gasteiger partial charge is 0.0610 e. The van der Waals surface area contributed by atoms with Gasteiger partial charge in [-0.2, -0.15) is 0 Å². The minimum atomic E-state index is -0.102. The summed E-state index contributed by atoms with van der Waals surface area (Å²) in [6.45, 7) is 8.91. The molecule has 1 aliphatic carbocycles. The molecule has 0 aliphatic heterocycles. The first-order valence-electron chi connectivity index (χ1n) is 8.07. The van der Waals surface area contributed by atoms with E-state index >= 15 is 0 Å². The van der Waals surface area contributed by atoms with Gasteiger partial charge in [0.05, 0.1) is 6.61 Å². The van der Waals surface area contributed by atoms with Crippen LogP contribution < -0.4 is 5.32 Å². The largest absolute Gasteiger partial charge is 0.394 e. The predicted octanol–water partition coefficient (Wildman–Crippen LogP) is 2.64. The van der Waals surface area contributed by atoms with Crippen LogP contribution in [0.3, 0.4) is 0 Å². The molecule has 0 aromatic rings. The molecule has 0 saturated heterocycles. The Bertz CT molecular complexity index is 247. The van der Waals surface area contributed by atoms with E-state index in [0.29, 0.717) is 0 Å². The molecule has 3 nitrogen and oxygen atoms in total. The molecular weight excluding hydrogens is 236 g/mol. The Hall–Kier alpha value is -0.120. The summed E-state index contributed by atoms with van der Waals surface area (Å²) in [5.41, 5.74) is -0.102. The molecule has 1 rings (SSSR count). The SMILES string of the molecule is CCNC(C)(CO)CCCN(C)C1CCCC(C)C1. The lowest BCUT2D eigenvalue weighted by Crippen LogP contribution is -2.46. The minimum Gasteiger partial charge on any atom is -0.394 e. The van der Waals surface area contributed by atoms with E-state index in [0.717, 1.165) is 37.9 Å². The Morgan fingerprint density at radius 2 is 2.11 bits per heavy atom. The first-order chi connectivity index (χ1) is 9.00.